The van der Waals surface area contributed by atoms with Crippen LogP contribution in [0, 0.1) is 6.92 Å². The first-order chi connectivity index (χ1) is 8.17. The summed E-state index contributed by atoms with van der Waals surface area (Å²) in [7, 11) is 1.78. The lowest BCUT2D eigenvalue weighted by atomic mass is 10.0. The summed E-state index contributed by atoms with van der Waals surface area (Å²) < 4.78 is 5.45. The highest BCUT2D eigenvalue weighted by molar-refractivity contribution is 5.23. The van der Waals surface area contributed by atoms with Gasteiger partial charge in [-0.1, -0.05) is 36.8 Å². The number of nitrogens with one attached hydrogen (secondary N) is 1. The van der Waals surface area contributed by atoms with E-state index in [1.54, 1.807) is 7.11 Å². The predicted molar refractivity (Wildman–Crippen MR) is 73.4 cm³/mol. The van der Waals surface area contributed by atoms with Crippen molar-refractivity contribution in [1.82, 2.24) is 5.32 Å². The largest absolute Gasteiger partial charge is 0.380 e. The van der Waals surface area contributed by atoms with Crippen molar-refractivity contribution in [2.24, 2.45) is 0 Å². The van der Waals surface area contributed by atoms with Crippen molar-refractivity contribution >= 4 is 0 Å². The van der Waals surface area contributed by atoms with Gasteiger partial charge in [0.15, 0.2) is 0 Å². The van der Waals surface area contributed by atoms with Crippen LogP contribution in [0.5, 0.6) is 0 Å². The van der Waals surface area contributed by atoms with Crippen LogP contribution >= 0.6 is 0 Å². The fourth-order valence-corrected chi connectivity index (χ4v) is 1.99. The Morgan fingerprint density at radius 2 is 2.12 bits per heavy atom. The lowest BCUT2D eigenvalue weighted by molar-refractivity contribution is 0.0831. The van der Waals surface area contributed by atoms with Gasteiger partial charge >= 0.3 is 0 Å². The minimum atomic E-state index is 0.238. The van der Waals surface area contributed by atoms with Crippen LogP contribution in [0.4, 0.5) is 0 Å². The second-order valence-corrected chi connectivity index (χ2v) is 4.69. The molecule has 1 N–H and O–H groups in total. The van der Waals surface area contributed by atoms with Crippen LogP contribution in [0.15, 0.2) is 24.3 Å². The molecule has 1 rings (SSSR count). The smallest absolute Gasteiger partial charge is 0.0699 e. The Morgan fingerprint density at radius 3 is 2.71 bits per heavy atom. The van der Waals surface area contributed by atoms with Crippen LogP contribution in [-0.4, -0.2) is 25.8 Å². The minimum Gasteiger partial charge on any atom is -0.380 e. The van der Waals surface area contributed by atoms with Gasteiger partial charge in [0.05, 0.1) is 6.10 Å². The molecule has 17 heavy (non-hydrogen) atoms. The monoisotopic (exact) mass is 235 g/mol. The number of aryl methyl sites for hydroxylation is 1. The highest BCUT2D eigenvalue weighted by Gasteiger charge is 2.16. The van der Waals surface area contributed by atoms with Gasteiger partial charge in [-0.05, 0) is 38.8 Å². The van der Waals surface area contributed by atoms with Crippen LogP contribution < -0.4 is 5.32 Å². The zero-order valence-electron chi connectivity index (χ0n) is 11.5. The summed E-state index contributed by atoms with van der Waals surface area (Å²) in [6.07, 6.45) is 2.42. The SMILES string of the molecule is CCCNC(Cc1cccc(C)c1)C(C)OC. The van der Waals surface area contributed by atoms with Crippen LogP contribution in [0.1, 0.15) is 31.4 Å². The van der Waals surface area contributed by atoms with Gasteiger partial charge in [-0.2, -0.15) is 0 Å². The Bertz CT molecular complexity index is 324. The molecule has 0 amide bonds. The van der Waals surface area contributed by atoms with E-state index in [2.05, 4.69) is 50.4 Å². The normalized spacial score (nSPS) is 14.6. The molecule has 0 aliphatic rings. The highest BCUT2D eigenvalue weighted by Crippen LogP contribution is 2.10. The molecule has 0 aliphatic carbocycles. The average molecular weight is 235 g/mol. The Hall–Kier alpha value is -0.860. The zero-order valence-corrected chi connectivity index (χ0v) is 11.5. The fourth-order valence-electron chi connectivity index (χ4n) is 1.99. The van der Waals surface area contributed by atoms with Crippen LogP contribution in [-0.2, 0) is 11.2 Å². The summed E-state index contributed by atoms with van der Waals surface area (Å²) in [5.74, 6) is 0. The maximum atomic E-state index is 5.45. The second kappa shape index (κ2) is 7.46. The van der Waals surface area contributed by atoms with E-state index >= 15 is 0 Å². The predicted octanol–water partition coefficient (Wildman–Crippen LogP) is 2.94. The number of ether oxygens (including phenoxy) is 1. The van der Waals surface area contributed by atoms with Crippen LogP contribution in [0.3, 0.4) is 0 Å². The van der Waals surface area contributed by atoms with Gasteiger partial charge < -0.3 is 10.1 Å². The van der Waals surface area contributed by atoms with Gasteiger partial charge in [0.25, 0.3) is 0 Å². The van der Waals surface area contributed by atoms with E-state index in [-0.39, 0.29) is 6.10 Å². The van der Waals surface area contributed by atoms with Gasteiger partial charge in [-0.15, -0.1) is 0 Å². The molecule has 0 heterocycles. The van der Waals surface area contributed by atoms with E-state index in [0.29, 0.717) is 6.04 Å². The van der Waals surface area contributed by atoms with Crippen molar-refractivity contribution in [1.29, 1.82) is 0 Å². The first-order valence-corrected chi connectivity index (χ1v) is 6.49. The van der Waals surface area contributed by atoms with Crippen LogP contribution in [0.25, 0.3) is 0 Å². The summed E-state index contributed by atoms with van der Waals surface area (Å²) in [5, 5.41) is 3.56. The molecule has 2 unspecified atom stereocenters. The lowest BCUT2D eigenvalue weighted by Crippen LogP contribution is -2.41. The van der Waals surface area contributed by atoms with E-state index in [4.69, 9.17) is 4.74 Å². The van der Waals surface area contributed by atoms with Crippen molar-refractivity contribution in [2.45, 2.75) is 45.8 Å². The maximum absolute atomic E-state index is 5.45. The van der Waals surface area contributed by atoms with Crippen molar-refractivity contribution in [3.8, 4) is 0 Å². The van der Waals surface area contributed by atoms with Crippen molar-refractivity contribution in [3.05, 3.63) is 35.4 Å². The summed E-state index contributed by atoms with van der Waals surface area (Å²) >= 11 is 0. The Balaban J connectivity index is 2.64. The molecular formula is C15H25NO. The van der Waals surface area contributed by atoms with Gasteiger partial charge in [-0.3, -0.25) is 0 Å². The van der Waals surface area contributed by atoms with Crippen molar-refractivity contribution < 1.29 is 4.74 Å². The Morgan fingerprint density at radius 1 is 1.35 bits per heavy atom. The Kier molecular flexibility index (Phi) is 6.23. The number of methoxy groups -OCH3 is 1. The molecule has 2 heteroatoms. The van der Waals surface area contributed by atoms with E-state index < -0.39 is 0 Å². The topological polar surface area (TPSA) is 21.3 Å². The minimum absolute atomic E-state index is 0.238. The molecule has 0 fully saturated rings. The van der Waals surface area contributed by atoms with Gasteiger partial charge in [0.2, 0.25) is 0 Å². The van der Waals surface area contributed by atoms with E-state index in [1.165, 1.54) is 11.1 Å². The molecule has 0 radical (unpaired) electrons. The van der Waals surface area contributed by atoms with E-state index in [0.717, 1.165) is 19.4 Å². The quantitative estimate of drug-likeness (QED) is 0.784. The third kappa shape index (κ3) is 4.88. The lowest BCUT2D eigenvalue weighted by Gasteiger charge is -2.24. The van der Waals surface area contributed by atoms with E-state index in [9.17, 15) is 0 Å². The molecule has 0 saturated carbocycles. The third-order valence-corrected chi connectivity index (χ3v) is 3.13. The molecule has 96 valence electrons. The molecule has 0 saturated heterocycles. The number of rotatable bonds is 7. The first-order valence-electron chi connectivity index (χ1n) is 6.49. The number of hydrogen-bond donors (Lipinski definition) is 1. The molecule has 0 aliphatic heterocycles. The van der Waals surface area contributed by atoms with Gasteiger partial charge in [0.1, 0.15) is 0 Å². The van der Waals surface area contributed by atoms with E-state index in [1.807, 2.05) is 0 Å². The summed E-state index contributed by atoms with van der Waals surface area (Å²) in [5.41, 5.74) is 2.70. The highest BCUT2D eigenvalue weighted by atomic mass is 16.5. The third-order valence-electron chi connectivity index (χ3n) is 3.13. The standard InChI is InChI=1S/C15H25NO/c1-5-9-16-15(13(3)17-4)11-14-8-6-7-12(2)10-14/h6-8,10,13,15-16H,5,9,11H2,1-4H3. The summed E-state index contributed by atoms with van der Waals surface area (Å²) in [4.78, 5) is 0. The van der Waals surface area contributed by atoms with Gasteiger partial charge in [-0.25, -0.2) is 0 Å². The first kappa shape index (κ1) is 14.2. The molecular weight excluding hydrogens is 210 g/mol. The average Bonchev–Trinajstić information content (AvgIpc) is 2.33. The van der Waals surface area contributed by atoms with Crippen molar-refractivity contribution in [2.75, 3.05) is 13.7 Å². The molecule has 2 nitrogen and oxygen atoms in total. The number of hydrogen-bond acceptors (Lipinski definition) is 2. The molecule has 1 aromatic rings. The maximum Gasteiger partial charge on any atom is 0.0699 e. The Labute approximate surface area is 105 Å². The van der Waals surface area contributed by atoms with Crippen LogP contribution in [0.2, 0.25) is 0 Å². The molecule has 1 aromatic carbocycles. The van der Waals surface area contributed by atoms with Gasteiger partial charge in [0, 0.05) is 13.2 Å². The zero-order chi connectivity index (χ0) is 12.7. The molecule has 0 spiro atoms. The summed E-state index contributed by atoms with van der Waals surface area (Å²) in [6, 6.07) is 9.09. The van der Waals surface area contributed by atoms with Crippen molar-refractivity contribution in [3.63, 3.8) is 0 Å². The molecule has 2 atom stereocenters. The molecule has 0 aromatic heterocycles. The summed E-state index contributed by atoms with van der Waals surface area (Å²) in [6.45, 7) is 7.50. The fraction of sp³-hybridized carbons (Fsp3) is 0.600. The number of benzene rings is 1. The second-order valence-electron chi connectivity index (χ2n) is 4.69. The molecule has 0 bridgehead atoms.